The summed E-state index contributed by atoms with van der Waals surface area (Å²) in [6.07, 6.45) is 0. The molecule has 0 spiro atoms. The fraction of sp³-hybridized carbons (Fsp3) is 0.200. The lowest BCUT2D eigenvalue weighted by Crippen LogP contribution is -2.41. The number of amides is 2. The molecule has 4 heteroatoms. The fourth-order valence-corrected chi connectivity index (χ4v) is 5.78. The first-order valence-electron chi connectivity index (χ1n) is 9.89. The second-order valence-electron chi connectivity index (χ2n) is 8.21. The van der Waals surface area contributed by atoms with Crippen LogP contribution in [-0.4, -0.2) is 11.8 Å². The minimum absolute atomic E-state index is 0.125. The maximum Gasteiger partial charge on any atom is 0.238 e. The van der Waals surface area contributed by atoms with Crippen LogP contribution in [0.4, 0.5) is 10.1 Å². The number of benzene rings is 3. The van der Waals surface area contributed by atoms with Crippen LogP contribution < -0.4 is 4.90 Å². The molecule has 3 nitrogen and oxygen atoms in total. The molecule has 0 radical (unpaired) electrons. The van der Waals surface area contributed by atoms with Crippen LogP contribution in [0, 0.1) is 24.6 Å². The first-order chi connectivity index (χ1) is 14.1. The van der Waals surface area contributed by atoms with E-state index in [1.54, 1.807) is 13.0 Å². The summed E-state index contributed by atoms with van der Waals surface area (Å²) in [6.45, 7) is 1.74. The van der Waals surface area contributed by atoms with Crippen LogP contribution in [0.3, 0.4) is 0 Å². The van der Waals surface area contributed by atoms with Crippen LogP contribution in [0.2, 0.25) is 0 Å². The van der Waals surface area contributed by atoms with Crippen molar-refractivity contribution in [3.05, 3.63) is 100 Å². The molecule has 0 N–H and O–H groups in total. The van der Waals surface area contributed by atoms with Gasteiger partial charge in [0.25, 0.3) is 0 Å². The minimum atomic E-state index is -0.415. The van der Waals surface area contributed by atoms with Crippen LogP contribution >= 0.6 is 0 Å². The molecule has 29 heavy (non-hydrogen) atoms. The van der Waals surface area contributed by atoms with Crippen molar-refractivity contribution in [1.29, 1.82) is 0 Å². The Kier molecular flexibility index (Phi) is 3.24. The van der Waals surface area contributed by atoms with Crippen molar-refractivity contribution < 1.29 is 14.0 Å². The van der Waals surface area contributed by atoms with Crippen LogP contribution in [0.1, 0.15) is 39.7 Å². The van der Waals surface area contributed by atoms with Gasteiger partial charge in [0, 0.05) is 11.8 Å². The first kappa shape index (κ1) is 16.7. The first-order valence-corrected chi connectivity index (χ1v) is 9.89. The average Bonchev–Trinajstić information content (AvgIpc) is 2.99. The molecule has 2 amide bonds. The van der Waals surface area contributed by atoms with Crippen LogP contribution in [0.15, 0.2) is 66.7 Å². The molecule has 3 aromatic rings. The Labute approximate surface area is 167 Å². The van der Waals surface area contributed by atoms with Crippen molar-refractivity contribution in [2.45, 2.75) is 18.8 Å². The second-order valence-corrected chi connectivity index (χ2v) is 8.21. The predicted molar refractivity (Wildman–Crippen MR) is 107 cm³/mol. The highest BCUT2D eigenvalue weighted by atomic mass is 19.1. The van der Waals surface area contributed by atoms with Gasteiger partial charge in [0.15, 0.2) is 0 Å². The molecule has 2 bridgehead atoms. The van der Waals surface area contributed by atoms with Crippen molar-refractivity contribution in [3.8, 4) is 0 Å². The number of rotatable bonds is 1. The van der Waals surface area contributed by atoms with E-state index < -0.39 is 11.8 Å². The molecule has 142 valence electrons. The van der Waals surface area contributed by atoms with Gasteiger partial charge in [-0.1, -0.05) is 48.5 Å². The Hall–Kier alpha value is -3.27. The quantitative estimate of drug-likeness (QED) is 0.579. The summed E-state index contributed by atoms with van der Waals surface area (Å²) in [5.41, 5.74) is 5.68. The molecule has 3 aromatic carbocycles. The van der Waals surface area contributed by atoms with Gasteiger partial charge in [-0.3, -0.25) is 9.59 Å². The molecular formula is C25H18FNO2. The Morgan fingerprint density at radius 2 is 1.17 bits per heavy atom. The molecule has 0 saturated carbocycles. The molecular weight excluding hydrogens is 365 g/mol. The van der Waals surface area contributed by atoms with Crippen LogP contribution in [0.25, 0.3) is 0 Å². The van der Waals surface area contributed by atoms with E-state index in [0.29, 0.717) is 11.3 Å². The van der Waals surface area contributed by atoms with E-state index in [4.69, 9.17) is 0 Å². The lowest BCUT2D eigenvalue weighted by molar-refractivity contribution is -0.122. The maximum absolute atomic E-state index is 13.6. The lowest BCUT2D eigenvalue weighted by Gasteiger charge is -2.45. The van der Waals surface area contributed by atoms with E-state index in [9.17, 15) is 14.0 Å². The van der Waals surface area contributed by atoms with Gasteiger partial charge in [0.1, 0.15) is 5.82 Å². The standard InChI is InChI=1S/C25H18FNO2/c1-13-12-14(26)10-11-19(13)27-24(28)22-20-15-6-2-3-7-16(15)21(23(22)25(27)29)18-9-5-4-8-17(18)20/h2-12,20-23H,1H3/t20?,21?,22-,23-/m0/s1. The van der Waals surface area contributed by atoms with Crippen LogP contribution in [0.5, 0.6) is 0 Å². The van der Waals surface area contributed by atoms with Crippen LogP contribution in [-0.2, 0) is 9.59 Å². The summed E-state index contributed by atoms with van der Waals surface area (Å²) in [4.78, 5) is 28.5. The smallest absolute Gasteiger partial charge is 0.238 e. The minimum Gasteiger partial charge on any atom is -0.274 e. The summed E-state index contributed by atoms with van der Waals surface area (Å²) in [5, 5.41) is 0. The lowest BCUT2D eigenvalue weighted by atomic mass is 9.55. The summed E-state index contributed by atoms with van der Waals surface area (Å²) < 4.78 is 13.6. The van der Waals surface area contributed by atoms with Crippen molar-refractivity contribution in [2.75, 3.05) is 4.90 Å². The molecule has 7 rings (SSSR count). The second kappa shape index (κ2) is 5.63. The van der Waals surface area contributed by atoms with Crippen molar-refractivity contribution in [2.24, 2.45) is 11.8 Å². The third-order valence-corrected chi connectivity index (χ3v) is 6.85. The monoisotopic (exact) mass is 383 g/mol. The highest BCUT2D eigenvalue weighted by Crippen LogP contribution is 2.61. The van der Waals surface area contributed by atoms with E-state index in [-0.39, 0.29) is 29.5 Å². The summed E-state index contributed by atoms with van der Waals surface area (Å²) in [5.74, 6) is -1.80. The number of carbonyl (C=O) groups excluding carboxylic acids is 2. The number of anilines is 1. The maximum atomic E-state index is 13.6. The summed E-state index contributed by atoms with van der Waals surface area (Å²) in [6, 6.07) is 20.6. The molecule has 1 saturated heterocycles. The molecule has 0 aromatic heterocycles. The average molecular weight is 383 g/mol. The highest BCUT2D eigenvalue weighted by molar-refractivity contribution is 6.23. The number of halogens is 1. The number of nitrogens with zero attached hydrogens (tertiary/aromatic N) is 1. The largest absolute Gasteiger partial charge is 0.274 e. The van der Waals surface area contributed by atoms with Crippen molar-refractivity contribution >= 4 is 17.5 Å². The van der Waals surface area contributed by atoms with Gasteiger partial charge in [-0.05, 0) is 52.9 Å². The number of aryl methyl sites for hydroxylation is 1. The third kappa shape index (κ3) is 2.01. The zero-order chi connectivity index (χ0) is 19.9. The fourth-order valence-electron chi connectivity index (χ4n) is 5.78. The number of imide groups is 1. The summed E-state index contributed by atoms with van der Waals surface area (Å²) >= 11 is 0. The molecule has 3 aliphatic carbocycles. The third-order valence-electron chi connectivity index (χ3n) is 6.85. The Morgan fingerprint density at radius 1 is 0.724 bits per heavy atom. The molecule has 4 aliphatic rings. The van der Waals surface area contributed by atoms with E-state index >= 15 is 0 Å². The Morgan fingerprint density at radius 3 is 1.59 bits per heavy atom. The zero-order valence-electron chi connectivity index (χ0n) is 15.8. The van der Waals surface area contributed by atoms with Crippen molar-refractivity contribution in [3.63, 3.8) is 0 Å². The van der Waals surface area contributed by atoms with Gasteiger partial charge in [-0.15, -0.1) is 0 Å². The van der Waals surface area contributed by atoms with E-state index in [2.05, 4.69) is 24.3 Å². The highest BCUT2D eigenvalue weighted by Gasteiger charge is 2.61. The van der Waals surface area contributed by atoms with Gasteiger partial charge in [-0.25, -0.2) is 9.29 Å². The van der Waals surface area contributed by atoms with Gasteiger partial charge in [-0.2, -0.15) is 0 Å². The van der Waals surface area contributed by atoms with E-state index in [0.717, 1.165) is 22.3 Å². The van der Waals surface area contributed by atoms with Gasteiger partial charge in [0.05, 0.1) is 17.5 Å². The summed E-state index contributed by atoms with van der Waals surface area (Å²) in [7, 11) is 0. The molecule has 2 atom stereocenters. The number of hydrogen-bond acceptors (Lipinski definition) is 2. The predicted octanol–water partition coefficient (Wildman–Crippen LogP) is 4.53. The molecule has 1 heterocycles. The molecule has 1 aliphatic heterocycles. The van der Waals surface area contributed by atoms with E-state index in [1.807, 2.05) is 24.3 Å². The Balaban J connectivity index is 1.57. The van der Waals surface area contributed by atoms with Crippen molar-refractivity contribution in [1.82, 2.24) is 0 Å². The zero-order valence-corrected chi connectivity index (χ0v) is 15.8. The number of hydrogen-bond donors (Lipinski definition) is 0. The number of carbonyl (C=O) groups is 2. The topological polar surface area (TPSA) is 37.4 Å². The van der Waals surface area contributed by atoms with Gasteiger partial charge < -0.3 is 0 Å². The normalized spacial score (nSPS) is 26.3. The van der Waals surface area contributed by atoms with E-state index in [1.165, 1.54) is 17.0 Å². The van der Waals surface area contributed by atoms with Gasteiger partial charge >= 0.3 is 0 Å². The molecule has 0 unspecified atom stereocenters. The SMILES string of the molecule is Cc1cc(F)ccc1N1C(=O)[C@H]2C3c4ccccc4C(c4ccccc43)[C@@H]2C1=O. The van der Waals surface area contributed by atoms with Gasteiger partial charge in [0.2, 0.25) is 11.8 Å². The molecule has 1 fully saturated rings. The Bertz CT molecular complexity index is 1100.